The van der Waals surface area contributed by atoms with E-state index in [2.05, 4.69) is 16.0 Å². The lowest BCUT2D eigenvalue weighted by Gasteiger charge is -2.27. The molecule has 29 heavy (non-hydrogen) atoms. The third-order valence-electron chi connectivity index (χ3n) is 4.07. The van der Waals surface area contributed by atoms with Crippen molar-refractivity contribution in [2.45, 2.75) is 71.6 Å². The summed E-state index contributed by atoms with van der Waals surface area (Å²) in [6.07, 6.45) is -0.104. The predicted molar refractivity (Wildman–Crippen MR) is 105 cm³/mol. The van der Waals surface area contributed by atoms with Gasteiger partial charge in [0, 0.05) is 0 Å². The van der Waals surface area contributed by atoms with Crippen molar-refractivity contribution in [1.29, 1.82) is 0 Å². The van der Waals surface area contributed by atoms with E-state index in [4.69, 9.17) is 16.6 Å². The van der Waals surface area contributed by atoms with E-state index >= 15 is 0 Å². The smallest absolute Gasteiger partial charge is 0.325 e. The molecule has 11 nitrogen and oxygen atoms in total. The molecule has 0 saturated heterocycles. The third kappa shape index (κ3) is 9.88. The molecule has 0 aromatic carbocycles. The Labute approximate surface area is 170 Å². The number of amides is 4. The number of primary amides is 1. The summed E-state index contributed by atoms with van der Waals surface area (Å²) >= 11 is 0. The molecule has 0 aromatic rings. The molecule has 166 valence electrons. The van der Waals surface area contributed by atoms with E-state index < -0.39 is 53.8 Å². The zero-order valence-electron chi connectivity index (χ0n) is 17.5. The quantitative estimate of drug-likeness (QED) is 0.222. The van der Waals surface area contributed by atoms with Crippen molar-refractivity contribution in [2.24, 2.45) is 23.3 Å². The number of rotatable bonds is 12. The molecule has 0 spiro atoms. The zero-order valence-corrected chi connectivity index (χ0v) is 17.5. The van der Waals surface area contributed by atoms with Crippen LogP contribution in [0.1, 0.15) is 47.5 Å². The second-order valence-electron chi connectivity index (χ2n) is 7.77. The second kappa shape index (κ2) is 12.0. The molecule has 0 saturated carbocycles. The van der Waals surface area contributed by atoms with Gasteiger partial charge in [-0.25, -0.2) is 0 Å². The van der Waals surface area contributed by atoms with Gasteiger partial charge in [-0.2, -0.15) is 0 Å². The van der Waals surface area contributed by atoms with Crippen molar-refractivity contribution in [3.05, 3.63) is 0 Å². The average molecular weight is 415 g/mol. The number of hydrogen-bond acceptors (Lipinski definition) is 6. The molecule has 0 radical (unpaired) electrons. The lowest BCUT2D eigenvalue weighted by atomic mass is 9.99. The van der Waals surface area contributed by atoms with Gasteiger partial charge in [-0.05, 0) is 25.2 Å². The van der Waals surface area contributed by atoms with E-state index in [0.29, 0.717) is 0 Å². The highest BCUT2D eigenvalue weighted by molar-refractivity contribution is 5.95. The van der Waals surface area contributed by atoms with Gasteiger partial charge in [0.1, 0.15) is 18.1 Å². The Morgan fingerprint density at radius 3 is 1.83 bits per heavy atom. The van der Waals surface area contributed by atoms with Gasteiger partial charge in [0.05, 0.1) is 12.5 Å². The molecule has 0 aliphatic rings. The number of carboxylic acid groups (broad SMARTS) is 1. The van der Waals surface area contributed by atoms with Crippen LogP contribution < -0.4 is 27.4 Å². The Kier molecular flexibility index (Phi) is 10.9. The summed E-state index contributed by atoms with van der Waals surface area (Å²) in [5, 5.41) is 16.3. The Balaban J connectivity index is 5.28. The van der Waals surface area contributed by atoms with Gasteiger partial charge >= 0.3 is 5.97 Å². The Hall–Kier alpha value is -2.69. The van der Waals surface area contributed by atoms with Crippen LogP contribution in [0.4, 0.5) is 0 Å². The number of carbonyl (C=O) groups is 5. The summed E-state index contributed by atoms with van der Waals surface area (Å²) < 4.78 is 0. The van der Waals surface area contributed by atoms with E-state index in [1.807, 2.05) is 13.8 Å². The first-order chi connectivity index (χ1) is 13.3. The van der Waals surface area contributed by atoms with Crippen LogP contribution in [-0.2, 0) is 24.0 Å². The van der Waals surface area contributed by atoms with Gasteiger partial charge < -0.3 is 32.5 Å². The fourth-order valence-electron chi connectivity index (χ4n) is 2.44. The van der Waals surface area contributed by atoms with Crippen molar-refractivity contribution in [3.8, 4) is 0 Å². The van der Waals surface area contributed by atoms with Crippen LogP contribution in [0.5, 0.6) is 0 Å². The minimum absolute atomic E-state index is 0.0299. The van der Waals surface area contributed by atoms with Crippen LogP contribution in [0.25, 0.3) is 0 Å². The van der Waals surface area contributed by atoms with Crippen molar-refractivity contribution in [1.82, 2.24) is 16.0 Å². The topological polar surface area (TPSA) is 194 Å². The molecule has 4 atom stereocenters. The first kappa shape index (κ1) is 26.3. The van der Waals surface area contributed by atoms with Gasteiger partial charge in [0.15, 0.2) is 0 Å². The molecule has 0 bridgehead atoms. The number of aliphatic carboxylic acids is 1. The van der Waals surface area contributed by atoms with Crippen molar-refractivity contribution in [2.75, 3.05) is 0 Å². The number of carboxylic acids is 1. The first-order valence-corrected chi connectivity index (χ1v) is 9.44. The summed E-state index contributed by atoms with van der Waals surface area (Å²) in [6.45, 7) is 8.38. The van der Waals surface area contributed by atoms with Gasteiger partial charge in [-0.3, -0.25) is 24.0 Å². The van der Waals surface area contributed by atoms with Gasteiger partial charge in [0.2, 0.25) is 23.6 Å². The highest BCUT2D eigenvalue weighted by Gasteiger charge is 2.31. The van der Waals surface area contributed by atoms with Gasteiger partial charge in [0.25, 0.3) is 0 Å². The second-order valence-corrected chi connectivity index (χ2v) is 7.77. The average Bonchev–Trinajstić information content (AvgIpc) is 2.56. The van der Waals surface area contributed by atoms with E-state index in [9.17, 15) is 24.0 Å². The van der Waals surface area contributed by atoms with E-state index in [1.165, 1.54) is 6.92 Å². The summed E-state index contributed by atoms with van der Waals surface area (Å²) in [6, 6.07) is -4.32. The number of nitrogens with two attached hydrogens (primary N) is 2. The standard InChI is InChI=1S/C18H33N5O6/c1-8(2)6-12(16(26)21-10(5)18(28)29)22-17(27)14(9(3)4)23-15(25)11(19)7-13(20)24/h8-12,14H,6-7,19H2,1-5H3,(H2,20,24)(H,21,26)(H,22,27)(H,23,25)(H,28,29). The molecule has 0 fully saturated rings. The lowest BCUT2D eigenvalue weighted by Crippen LogP contribution is -2.58. The minimum atomic E-state index is -1.20. The van der Waals surface area contributed by atoms with Crippen LogP contribution in [-0.4, -0.2) is 58.9 Å². The summed E-state index contributed by atoms with van der Waals surface area (Å²) in [4.78, 5) is 59.2. The number of nitrogens with one attached hydrogen (secondary N) is 3. The third-order valence-corrected chi connectivity index (χ3v) is 4.07. The molecule has 0 aliphatic carbocycles. The molecule has 0 aromatic heterocycles. The van der Waals surface area contributed by atoms with E-state index in [0.717, 1.165) is 0 Å². The van der Waals surface area contributed by atoms with Crippen molar-refractivity contribution < 1.29 is 29.1 Å². The van der Waals surface area contributed by atoms with Gasteiger partial charge in [-0.1, -0.05) is 27.7 Å². The van der Waals surface area contributed by atoms with Crippen LogP contribution >= 0.6 is 0 Å². The van der Waals surface area contributed by atoms with Crippen molar-refractivity contribution >= 4 is 29.6 Å². The molecule has 0 rings (SSSR count). The molecular formula is C18H33N5O6. The van der Waals surface area contributed by atoms with Gasteiger partial charge in [-0.15, -0.1) is 0 Å². The minimum Gasteiger partial charge on any atom is -0.480 e. The normalized spacial score (nSPS) is 15.2. The monoisotopic (exact) mass is 415 g/mol. The Bertz CT molecular complexity index is 622. The van der Waals surface area contributed by atoms with Crippen LogP contribution in [0, 0.1) is 11.8 Å². The maximum absolute atomic E-state index is 12.7. The molecular weight excluding hydrogens is 382 g/mol. The highest BCUT2D eigenvalue weighted by Crippen LogP contribution is 2.09. The van der Waals surface area contributed by atoms with Crippen LogP contribution in [0.3, 0.4) is 0 Å². The molecule has 0 aliphatic heterocycles. The summed E-state index contributed by atoms with van der Waals surface area (Å²) in [5.41, 5.74) is 10.6. The maximum Gasteiger partial charge on any atom is 0.325 e. The maximum atomic E-state index is 12.7. The Morgan fingerprint density at radius 2 is 1.41 bits per heavy atom. The molecule has 11 heteroatoms. The fraction of sp³-hybridized carbons (Fsp3) is 0.722. The molecule has 4 amide bonds. The molecule has 8 N–H and O–H groups in total. The number of carbonyl (C=O) groups excluding carboxylic acids is 4. The zero-order chi connectivity index (χ0) is 22.9. The SMILES string of the molecule is CC(C)CC(NC(=O)C(NC(=O)C(N)CC(N)=O)C(C)C)C(=O)NC(C)C(=O)O. The largest absolute Gasteiger partial charge is 0.480 e. The van der Waals surface area contributed by atoms with E-state index in [-0.39, 0.29) is 24.7 Å². The summed E-state index contributed by atoms with van der Waals surface area (Å²) in [7, 11) is 0. The van der Waals surface area contributed by atoms with E-state index in [1.54, 1.807) is 13.8 Å². The fourth-order valence-corrected chi connectivity index (χ4v) is 2.44. The Morgan fingerprint density at radius 1 is 0.862 bits per heavy atom. The first-order valence-electron chi connectivity index (χ1n) is 9.44. The van der Waals surface area contributed by atoms with Crippen LogP contribution in [0.15, 0.2) is 0 Å². The summed E-state index contributed by atoms with van der Waals surface area (Å²) in [5.74, 6) is -4.25. The predicted octanol–water partition coefficient (Wildman–Crippen LogP) is -1.55. The molecule has 4 unspecified atom stereocenters. The lowest BCUT2D eigenvalue weighted by molar-refractivity contribution is -0.142. The molecule has 0 heterocycles. The van der Waals surface area contributed by atoms with Crippen molar-refractivity contribution in [3.63, 3.8) is 0 Å². The highest BCUT2D eigenvalue weighted by atomic mass is 16.4. The number of hydrogen-bond donors (Lipinski definition) is 6. The van der Waals surface area contributed by atoms with Crippen LogP contribution in [0.2, 0.25) is 0 Å².